The fourth-order valence-corrected chi connectivity index (χ4v) is 3.41. The van der Waals surface area contributed by atoms with E-state index >= 15 is 0 Å². The number of nitrogens with zero attached hydrogens (tertiary/aromatic N) is 1. The number of benzene rings is 3. The number of amides is 1. The summed E-state index contributed by atoms with van der Waals surface area (Å²) in [4.78, 5) is 16.6. The number of thiocarbonyl (C=S) groups is 1. The van der Waals surface area contributed by atoms with Gasteiger partial charge in [0.15, 0.2) is 23.2 Å². The largest absolute Gasteiger partial charge is 0.484 e. The van der Waals surface area contributed by atoms with Gasteiger partial charge in [-0.25, -0.2) is 4.98 Å². The summed E-state index contributed by atoms with van der Waals surface area (Å²) in [5.41, 5.74) is 5.89. The Labute approximate surface area is 191 Å². The topological polar surface area (TPSA) is 76.4 Å². The van der Waals surface area contributed by atoms with Gasteiger partial charge >= 0.3 is 0 Å². The van der Waals surface area contributed by atoms with E-state index in [0.29, 0.717) is 18.1 Å². The number of para-hydroxylation sites is 1. The minimum Gasteiger partial charge on any atom is -0.484 e. The summed E-state index contributed by atoms with van der Waals surface area (Å²) < 4.78 is 11.3. The zero-order valence-corrected chi connectivity index (χ0v) is 18.7. The van der Waals surface area contributed by atoms with Crippen LogP contribution < -0.4 is 15.4 Å². The molecule has 0 spiro atoms. The Bertz CT molecular complexity index is 1210. The molecular formula is C25H23N3O3S. The number of nitrogens with one attached hydrogen (secondary N) is 2. The van der Waals surface area contributed by atoms with Gasteiger partial charge in [-0.05, 0) is 79.2 Å². The van der Waals surface area contributed by atoms with E-state index in [0.717, 1.165) is 22.4 Å². The molecular weight excluding hydrogens is 422 g/mol. The number of anilines is 1. The van der Waals surface area contributed by atoms with Crippen molar-refractivity contribution in [1.82, 2.24) is 10.3 Å². The summed E-state index contributed by atoms with van der Waals surface area (Å²) in [7, 11) is 0. The van der Waals surface area contributed by atoms with E-state index in [1.54, 1.807) is 12.1 Å². The lowest BCUT2D eigenvalue weighted by molar-refractivity contribution is -0.121. The fraction of sp³-hybridized carbons (Fsp3) is 0.160. The Morgan fingerprint density at radius 1 is 1.03 bits per heavy atom. The first-order valence-corrected chi connectivity index (χ1v) is 10.6. The lowest BCUT2D eigenvalue weighted by Crippen LogP contribution is -2.37. The second-order valence-corrected chi connectivity index (χ2v) is 7.90. The molecule has 4 rings (SSSR count). The van der Waals surface area contributed by atoms with Crippen LogP contribution in [0.5, 0.6) is 5.75 Å². The van der Waals surface area contributed by atoms with Crippen LogP contribution in [0.25, 0.3) is 11.1 Å². The molecule has 162 valence electrons. The maximum Gasteiger partial charge on any atom is 0.264 e. The number of carbonyl (C=O) groups is 1. The zero-order chi connectivity index (χ0) is 22.5. The van der Waals surface area contributed by atoms with Crippen molar-refractivity contribution < 1.29 is 13.9 Å². The van der Waals surface area contributed by atoms with Crippen molar-refractivity contribution in [1.29, 1.82) is 0 Å². The number of rotatable bonds is 6. The molecule has 1 heterocycles. The smallest absolute Gasteiger partial charge is 0.264 e. The van der Waals surface area contributed by atoms with E-state index in [9.17, 15) is 4.79 Å². The highest BCUT2D eigenvalue weighted by Gasteiger charge is 2.09. The summed E-state index contributed by atoms with van der Waals surface area (Å²) in [5.74, 6) is 0.970. The highest BCUT2D eigenvalue weighted by molar-refractivity contribution is 7.80. The first-order valence-electron chi connectivity index (χ1n) is 10.2. The zero-order valence-electron chi connectivity index (χ0n) is 17.8. The summed E-state index contributed by atoms with van der Waals surface area (Å²) in [5, 5.41) is 5.82. The minimum atomic E-state index is -0.329. The molecule has 0 radical (unpaired) electrons. The highest BCUT2D eigenvalue weighted by Crippen LogP contribution is 2.22. The molecule has 0 aliphatic carbocycles. The molecule has 0 unspecified atom stereocenters. The van der Waals surface area contributed by atoms with Crippen molar-refractivity contribution in [3.05, 3.63) is 89.3 Å². The van der Waals surface area contributed by atoms with Gasteiger partial charge in [0.2, 0.25) is 0 Å². The van der Waals surface area contributed by atoms with E-state index in [4.69, 9.17) is 21.4 Å². The molecule has 0 atom stereocenters. The average molecular weight is 446 g/mol. The van der Waals surface area contributed by atoms with Gasteiger partial charge in [0, 0.05) is 12.1 Å². The van der Waals surface area contributed by atoms with Crippen molar-refractivity contribution in [3.8, 4) is 5.75 Å². The van der Waals surface area contributed by atoms with Crippen LogP contribution in [0.3, 0.4) is 0 Å². The van der Waals surface area contributed by atoms with Crippen molar-refractivity contribution in [2.45, 2.75) is 20.3 Å². The molecule has 0 saturated heterocycles. The van der Waals surface area contributed by atoms with Gasteiger partial charge in [0.05, 0.1) is 0 Å². The number of ether oxygens (including phenoxy) is 1. The maximum absolute atomic E-state index is 12.0. The third-order valence-electron chi connectivity index (χ3n) is 4.98. The van der Waals surface area contributed by atoms with Gasteiger partial charge in [0.1, 0.15) is 11.3 Å². The van der Waals surface area contributed by atoms with E-state index < -0.39 is 0 Å². The SMILES string of the molecule is Cc1cc2nc(Cc3ccc(NC(=S)NC(=O)COc4ccccc4)cc3)oc2cc1C. The Balaban J connectivity index is 1.29. The molecule has 4 aromatic rings. The van der Waals surface area contributed by atoms with Crippen molar-refractivity contribution >= 4 is 40.0 Å². The Hall–Kier alpha value is -3.71. The minimum absolute atomic E-state index is 0.117. The van der Waals surface area contributed by atoms with Crippen LogP contribution in [0.2, 0.25) is 0 Å². The predicted molar refractivity (Wildman–Crippen MR) is 129 cm³/mol. The van der Waals surface area contributed by atoms with Crippen LogP contribution in [-0.4, -0.2) is 22.6 Å². The Morgan fingerprint density at radius 3 is 2.50 bits per heavy atom. The van der Waals surface area contributed by atoms with Crippen LogP contribution in [0.4, 0.5) is 5.69 Å². The molecule has 1 aromatic heterocycles. The van der Waals surface area contributed by atoms with Crippen LogP contribution in [0, 0.1) is 13.8 Å². The first kappa shape index (κ1) is 21.5. The predicted octanol–water partition coefficient (Wildman–Crippen LogP) is 4.93. The normalized spacial score (nSPS) is 10.7. The molecule has 2 N–H and O–H groups in total. The van der Waals surface area contributed by atoms with E-state index in [2.05, 4.69) is 29.5 Å². The van der Waals surface area contributed by atoms with Crippen LogP contribution in [0.15, 0.2) is 71.1 Å². The summed E-state index contributed by atoms with van der Waals surface area (Å²) >= 11 is 5.22. The van der Waals surface area contributed by atoms with Gasteiger partial charge in [-0.3, -0.25) is 10.1 Å². The number of oxazole rings is 1. The third-order valence-corrected chi connectivity index (χ3v) is 5.19. The Kier molecular flexibility index (Phi) is 6.47. The van der Waals surface area contributed by atoms with E-state index in [1.165, 1.54) is 11.1 Å². The van der Waals surface area contributed by atoms with Gasteiger partial charge in [-0.1, -0.05) is 30.3 Å². The second-order valence-electron chi connectivity index (χ2n) is 7.49. The maximum atomic E-state index is 12.0. The first-order chi connectivity index (χ1) is 15.5. The lowest BCUT2D eigenvalue weighted by Gasteiger charge is -2.10. The van der Waals surface area contributed by atoms with E-state index in [1.807, 2.05) is 54.6 Å². The fourth-order valence-electron chi connectivity index (χ4n) is 3.17. The van der Waals surface area contributed by atoms with Gasteiger partial charge in [0.25, 0.3) is 5.91 Å². The van der Waals surface area contributed by atoms with Gasteiger partial charge in [-0.2, -0.15) is 0 Å². The molecule has 0 bridgehead atoms. The van der Waals surface area contributed by atoms with Crippen LogP contribution in [0.1, 0.15) is 22.6 Å². The lowest BCUT2D eigenvalue weighted by atomic mass is 10.1. The van der Waals surface area contributed by atoms with Crippen LogP contribution >= 0.6 is 12.2 Å². The number of carbonyl (C=O) groups excluding carboxylic acids is 1. The molecule has 0 saturated carbocycles. The van der Waals surface area contributed by atoms with Crippen molar-refractivity contribution in [3.63, 3.8) is 0 Å². The molecule has 0 aliphatic rings. The molecule has 32 heavy (non-hydrogen) atoms. The Morgan fingerprint density at radius 2 is 1.75 bits per heavy atom. The molecule has 7 heteroatoms. The highest BCUT2D eigenvalue weighted by atomic mass is 32.1. The molecule has 0 fully saturated rings. The number of hydrogen-bond donors (Lipinski definition) is 2. The van der Waals surface area contributed by atoms with Gasteiger partial charge < -0.3 is 14.5 Å². The van der Waals surface area contributed by atoms with Crippen LogP contribution in [-0.2, 0) is 11.2 Å². The number of aromatic nitrogens is 1. The number of aryl methyl sites for hydroxylation is 2. The monoisotopic (exact) mass is 445 g/mol. The summed E-state index contributed by atoms with van der Waals surface area (Å²) in [6, 6.07) is 20.9. The van der Waals surface area contributed by atoms with Crippen molar-refractivity contribution in [2.24, 2.45) is 0 Å². The number of hydrogen-bond acceptors (Lipinski definition) is 5. The second kappa shape index (κ2) is 9.62. The number of fused-ring (bicyclic) bond motifs is 1. The van der Waals surface area contributed by atoms with Crippen molar-refractivity contribution in [2.75, 3.05) is 11.9 Å². The molecule has 6 nitrogen and oxygen atoms in total. The summed E-state index contributed by atoms with van der Waals surface area (Å²) in [6.07, 6.45) is 0.588. The van der Waals surface area contributed by atoms with Gasteiger partial charge in [-0.15, -0.1) is 0 Å². The summed E-state index contributed by atoms with van der Waals surface area (Å²) in [6.45, 7) is 4.01. The molecule has 0 aliphatic heterocycles. The standard InChI is InChI=1S/C25H23N3O3S/c1-16-12-21-22(13-17(16)2)31-24(27-21)14-18-8-10-19(11-9-18)26-25(32)28-23(29)15-30-20-6-4-3-5-7-20/h3-13H,14-15H2,1-2H3,(H2,26,28,29,32). The third kappa shape index (κ3) is 5.50. The quantitative estimate of drug-likeness (QED) is 0.410. The average Bonchev–Trinajstić information content (AvgIpc) is 3.15. The molecule has 3 aromatic carbocycles. The molecule has 1 amide bonds. The van der Waals surface area contributed by atoms with E-state index in [-0.39, 0.29) is 17.6 Å².